The predicted octanol–water partition coefficient (Wildman–Crippen LogP) is 3.09. The number of nitrogens with two attached hydrogens (primary N) is 1. The number of nitrogens with zero attached hydrogens (tertiary/aromatic N) is 2. The zero-order valence-electron chi connectivity index (χ0n) is 30.2. The van der Waals surface area contributed by atoms with E-state index < -0.39 is 78.1 Å². The third-order valence-electron chi connectivity index (χ3n) is 9.96. The molecule has 5 atom stereocenters. The largest absolute Gasteiger partial charge is 0.494 e. The number of nitrogens with one attached hydrogen (secondary N) is 3. The maximum absolute atomic E-state index is 14.7. The highest BCUT2D eigenvalue weighted by atomic mass is 35.5. The number of aromatic nitrogens is 1. The second kappa shape index (κ2) is 14.3. The lowest BCUT2D eigenvalue weighted by atomic mass is 9.85. The number of benzene rings is 2. The van der Waals surface area contributed by atoms with E-state index in [1.807, 2.05) is 0 Å². The van der Waals surface area contributed by atoms with Gasteiger partial charge in [0.25, 0.3) is 5.91 Å². The Labute approximate surface area is 319 Å². The summed E-state index contributed by atoms with van der Waals surface area (Å²) in [4.78, 5) is 48.2. The average molecular weight is 803 g/mol. The monoisotopic (exact) mass is 802 g/mol. The van der Waals surface area contributed by atoms with Crippen LogP contribution in [0.5, 0.6) is 11.6 Å². The number of likely N-dealkylation sites (tertiary alicyclic amines) is 1. The number of rotatable bonds is 13. The third kappa shape index (κ3) is 7.99. The molecule has 18 heteroatoms. The summed E-state index contributed by atoms with van der Waals surface area (Å²) >= 11 is 6.33. The van der Waals surface area contributed by atoms with Gasteiger partial charge in [-0.2, -0.15) is 0 Å². The first-order valence-electron chi connectivity index (χ1n) is 17.3. The van der Waals surface area contributed by atoms with Gasteiger partial charge < -0.3 is 25.0 Å². The lowest BCUT2D eigenvalue weighted by Gasteiger charge is -2.36. The zero-order valence-corrected chi connectivity index (χ0v) is 32.6. The first kappa shape index (κ1) is 39.2. The van der Waals surface area contributed by atoms with Gasteiger partial charge in [-0.05, 0) is 61.1 Å². The van der Waals surface area contributed by atoms with Crippen molar-refractivity contribution < 1.29 is 40.7 Å². The Morgan fingerprint density at radius 2 is 1.83 bits per heavy atom. The van der Waals surface area contributed by atoms with Crippen molar-refractivity contribution in [3.8, 4) is 11.6 Å². The van der Waals surface area contributed by atoms with Crippen LogP contribution in [-0.4, -0.2) is 87.1 Å². The fraction of sp³-hybridized carbons (Fsp3) is 0.444. The Kier molecular flexibility index (Phi) is 10.4. The highest BCUT2D eigenvalue weighted by Gasteiger charge is 2.62. The van der Waals surface area contributed by atoms with Crippen LogP contribution in [0.2, 0.25) is 5.02 Å². The van der Waals surface area contributed by atoms with Gasteiger partial charge in [-0.1, -0.05) is 44.5 Å². The van der Waals surface area contributed by atoms with E-state index in [9.17, 15) is 31.2 Å². The van der Waals surface area contributed by atoms with Gasteiger partial charge in [0.1, 0.15) is 29.5 Å². The van der Waals surface area contributed by atoms with Crippen molar-refractivity contribution in [1.29, 1.82) is 0 Å². The second-order valence-corrected chi connectivity index (χ2v) is 19.0. The molecule has 290 valence electrons. The van der Waals surface area contributed by atoms with E-state index in [4.69, 9.17) is 26.2 Å². The number of carbonyl (C=O) groups excluding carboxylic acids is 3. The van der Waals surface area contributed by atoms with Crippen LogP contribution in [0.25, 0.3) is 10.8 Å². The van der Waals surface area contributed by atoms with Crippen LogP contribution in [0, 0.1) is 11.3 Å². The highest BCUT2D eigenvalue weighted by Crippen LogP contribution is 2.46. The minimum atomic E-state index is -4.05. The van der Waals surface area contributed by atoms with Crippen molar-refractivity contribution in [3.63, 3.8) is 0 Å². The molecule has 2 aromatic carbocycles. The lowest BCUT2D eigenvalue weighted by molar-refractivity contribution is -0.141. The molecule has 0 unspecified atom stereocenters. The minimum Gasteiger partial charge on any atom is -0.494 e. The molecule has 5 N–H and O–H groups in total. The average Bonchev–Trinajstić information content (AvgIpc) is 4.03. The topological polar surface area (TPSA) is 216 Å². The standard InChI is InChI=1S/C36H43ClN6O9S2/c1-6-20-17-36(20,34(46)42-54(49,50)24-11-12-24)41-31(44)28-16-23(52-32-27-14-21(37)10-13-26(27)29(51-5)18-39-32)19-43(28)33(45)30(35(2,3)4)40-22-8-7-9-25(15-22)53(38,47)48/h6-10,13-15,18,20,23-24,28,30,40H,1,11-12,16-17,19H2,2-5H3,(H,41,44)(H,42,46)(H2,38,47,48)/t20-,23-,28+,30+,36-/m1/s1. The molecule has 54 heavy (non-hydrogen) atoms. The van der Waals surface area contributed by atoms with Crippen molar-refractivity contribution in [2.75, 3.05) is 19.0 Å². The molecule has 3 aromatic rings. The van der Waals surface area contributed by atoms with E-state index in [-0.39, 0.29) is 30.2 Å². The quantitative estimate of drug-likeness (QED) is 0.184. The molecular formula is C36H43ClN6O9S2. The van der Waals surface area contributed by atoms with Gasteiger partial charge in [0.15, 0.2) is 0 Å². The Morgan fingerprint density at radius 3 is 2.44 bits per heavy atom. The van der Waals surface area contributed by atoms with Gasteiger partial charge in [0, 0.05) is 33.8 Å². The first-order valence-corrected chi connectivity index (χ1v) is 20.7. The van der Waals surface area contributed by atoms with E-state index >= 15 is 0 Å². The summed E-state index contributed by atoms with van der Waals surface area (Å²) in [7, 11) is -6.48. The number of sulfonamides is 2. The van der Waals surface area contributed by atoms with Crippen LogP contribution in [0.3, 0.4) is 0 Å². The number of ether oxygens (including phenoxy) is 2. The Balaban J connectivity index is 1.33. The summed E-state index contributed by atoms with van der Waals surface area (Å²) in [5, 5.41) is 12.2. The van der Waals surface area contributed by atoms with Crippen molar-refractivity contribution in [3.05, 3.63) is 66.3 Å². The molecule has 3 amide bonds. The van der Waals surface area contributed by atoms with E-state index in [1.165, 1.54) is 42.5 Å². The van der Waals surface area contributed by atoms with Crippen molar-refractivity contribution >= 4 is 65.8 Å². The summed E-state index contributed by atoms with van der Waals surface area (Å²) in [5.41, 5.74) is -2.08. The van der Waals surface area contributed by atoms with Crippen LogP contribution < -0.4 is 30.0 Å². The molecule has 3 aliphatic rings. The molecule has 1 aliphatic heterocycles. The molecule has 0 spiro atoms. The number of halogens is 1. The summed E-state index contributed by atoms with van der Waals surface area (Å²) in [6, 6.07) is 8.65. The molecule has 3 fully saturated rings. The van der Waals surface area contributed by atoms with Crippen LogP contribution in [0.1, 0.15) is 46.5 Å². The Hall–Kier alpha value is -4.45. The maximum atomic E-state index is 14.7. The molecule has 2 saturated carbocycles. The van der Waals surface area contributed by atoms with Crippen LogP contribution in [0.4, 0.5) is 5.69 Å². The van der Waals surface area contributed by atoms with Crippen molar-refractivity contribution in [2.24, 2.45) is 16.5 Å². The highest BCUT2D eigenvalue weighted by molar-refractivity contribution is 7.91. The fourth-order valence-electron chi connectivity index (χ4n) is 6.72. The predicted molar refractivity (Wildman–Crippen MR) is 202 cm³/mol. The Morgan fingerprint density at radius 1 is 1.11 bits per heavy atom. The van der Waals surface area contributed by atoms with Gasteiger partial charge in [0.05, 0.1) is 30.0 Å². The van der Waals surface area contributed by atoms with Gasteiger partial charge in [-0.25, -0.2) is 27.0 Å². The third-order valence-corrected chi connectivity index (χ3v) is 12.9. The number of carbonyl (C=O) groups is 3. The van der Waals surface area contributed by atoms with Crippen molar-refractivity contribution in [2.45, 2.75) is 80.3 Å². The van der Waals surface area contributed by atoms with E-state index in [0.29, 0.717) is 40.1 Å². The normalized spacial score (nSPS) is 23.3. The zero-order chi connectivity index (χ0) is 39.4. The van der Waals surface area contributed by atoms with E-state index in [0.717, 1.165) is 0 Å². The Bertz CT molecular complexity index is 2240. The van der Waals surface area contributed by atoms with Gasteiger partial charge >= 0.3 is 0 Å². The number of anilines is 1. The molecule has 2 heterocycles. The van der Waals surface area contributed by atoms with Crippen molar-refractivity contribution in [1.82, 2.24) is 19.9 Å². The first-order chi connectivity index (χ1) is 25.3. The number of pyridine rings is 1. The number of hydrogen-bond acceptors (Lipinski definition) is 11. The summed E-state index contributed by atoms with van der Waals surface area (Å²) < 4.78 is 63.6. The fourth-order valence-corrected chi connectivity index (χ4v) is 8.81. The van der Waals surface area contributed by atoms with Crippen LogP contribution in [0.15, 0.2) is 66.2 Å². The smallest absolute Gasteiger partial charge is 0.259 e. The molecule has 0 radical (unpaired) electrons. The van der Waals surface area contributed by atoms with E-state index in [2.05, 4.69) is 26.9 Å². The molecule has 2 aliphatic carbocycles. The molecule has 1 saturated heterocycles. The molecule has 1 aromatic heterocycles. The molecule has 15 nitrogen and oxygen atoms in total. The second-order valence-electron chi connectivity index (χ2n) is 15.0. The maximum Gasteiger partial charge on any atom is 0.259 e. The SMILES string of the molecule is C=C[C@@H]1C[C@]1(NC(=O)[C@@H]1C[C@@H](Oc2ncc(OC)c3ccc(Cl)cc23)CN1C(=O)[C@H](Nc1cccc(S(N)(=O)=O)c1)C(C)(C)C)C(=O)NS(=O)(=O)C1CC1. The van der Waals surface area contributed by atoms with E-state index in [1.54, 1.807) is 45.0 Å². The lowest BCUT2D eigenvalue weighted by Crippen LogP contribution is -2.58. The summed E-state index contributed by atoms with van der Waals surface area (Å²) in [6.07, 6.45) is 3.15. The molecular weight excluding hydrogens is 760 g/mol. The van der Waals surface area contributed by atoms with Crippen LogP contribution in [-0.2, 0) is 34.4 Å². The van der Waals surface area contributed by atoms with Gasteiger partial charge in [0.2, 0.25) is 37.7 Å². The number of amides is 3. The number of fused-ring (bicyclic) bond motifs is 1. The van der Waals surface area contributed by atoms with Crippen LogP contribution >= 0.6 is 11.6 Å². The minimum absolute atomic E-state index is 0.0259. The number of hydrogen-bond donors (Lipinski definition) is 4. The van der Waals surface area contributed by atoms with Gasteiger partial charge in [-0.15, -0.1) is 6.58 Å². The molecule has 0 bridgehead atoms. The van der Waals surface area contributed by atoms with Gasteiger partial charge in [-0.3, -0.25) is 19.1 Å². The summed E-state index contributed by atoms with van der Waals surface area (Å²) in [6.45, 7) is 9.10. The summed E-state index contributed by atoms with van der Waals surface area (Å²) in [5.74, 6) is -1.97. The number of primary sulfonamides is 1. The molecule has 6 rings (SSSR count). The number of methoxy groups -OCH3 is 1.